The maximum Gasteiger partial charge on any atom is 0.00991 e. The molecule has 2 heteroatoms. The van der Waals surface area contributed by atoms with Crippen molar-refractivity contribution >= 4 is 0 Å². The van der Waals surface area contributed by atoms with E-state index in [1.54, 1.807) is 0 Å². The van der Waals surface area contributed by atoms with Gasteiger partial charge in [-0.25, -0.2) is 0 Å². The molecule has 0 aromatic rings. The lowest BCUT2D eigenvalue weighted by Crippen LogP contribution is -2.34. The second-order valence-electron chi connectivity index (χ2n) is 4.61. The molecule has 0 amide bonds. The van der Waals surface area contributed by atoms with Gasteiger partial charge in [-0.15, -0.1) is 0 Å². The fourth-order valence-electron chi connectivity index (χ4n) is 2.35. The lowest BCUT2D eigenvalue weighted by Gasteiger charge is -2.22. The Morgan fingerprint density at radius 3 is 2.69 bits per heavy atom. The van der Waals surface area contributed by atoms with Crippen LogP contribution in [0.4, 0.5) is 0 Å². The first-order valence-electron chi connectivity index (χ1n) is 5.84. The number of hydrogen-bond acceptors (Lipinski definition) is 2. The van der Waals surface area contributed by atoms with Crippen molar-refractivity contribution in [3.63, 3.8) is 0 Å². The molecule has 0 spiro atoms. The summed E-state index contributed by atoms with van der Waals surface area (Å²) in [5, 5.41) is 7.11. The fraction of sp³-hybridized carbons (Fsp3) is 1.00. The molecule has 13 heavy (non-hydrogen) atoms. The average molecular weight is 182 g/mol. The lowest BCUT2D eigenvalue weighted by atomic mass is 9.98. The van der Waals surface area contributed by atoms with E-state index < -0.39 is 0 Å². The van der Waals surface area contributed by atoms with Crippen LogP contribution in [0.15, 0.2) is 0 Å². The summed E-state index contributed by atoms with van der Waals surface area (Å²) in [6.45, 7) is 6.03. The van der Waals surface area contributed by atoms with E-state index in [1.165, 1.54) is 45.3 Å². The Kier molecular flexibility index (Phi) is 3.23. The molecule has 2 nitrogen and oxygen atoms in total. The third kappa shape index (κ3) is 2.68. The van der Waals surface area contributed by atoms with Gasteiger partial charge < -0.3 is 10.6 Å². The lowest BCUT2D eigenvalue weighted by molar-refractivity contribution is 0.353. The van der Waals surface area contributed by atoms with Crippen molar-refractivity contribution in [3.05, 3.63) is 0 Å². The maximum absolute atomic E-state index is 3.70. The van der Waals surface area contributed by atoms with Crippen LogP contribution in [0.3, 0.4) is 0 Å². The van der Waals surface area contributed by atoms with Gasteiger partial charge in [0.05, 0.1) is 0 Å². The zero-order valence-electron chi connectivity index (χ0n) is 8.68. The van der Waals surface area contributed by atoms with Crippen LogP contribution in [0.2, 0.25) is 0 Å². The molecule has 1 aliphatic carbocycles. The van der Waals surface area contributed by atoms with Crippen molar-refractivity contribution in [2.45, 2.75) is 38.6 Å². The molecule has 76 valence electrons. The first-order chi connectivity index (χ1) is 6.40. The highest BCUT2D eigenvalue weighted by Crippen LogP contribution is 2.33. The summed E-state index contributed by atoms with van der Waals surface area (Å²) >= 11 is 0. The molecule has 2 fully saturated rings. The fourth-order valence-corrected chi connectivity index (χ4v) is 2.35. The van der Waals surface area contributed by atoms with E-state index in [4.69, 9.17) is 0 Å². The van der Waals surface area contributed by atoms with Gasteiger partial charge in [0.25, 0.3) is 0 Å². The molecule has 1 aliphatic heterocycles. The van der Waals surface area contributed by atoms with Gasteiger partial charge in [-0.3, -0.25) is 0 Å². The van der Waals surface area contributed by atoms with E-state index in [0.29, 0.717) is 0 Å². The van der Waals surface area contributed by atoms with Crippen LogP contribution in [-0.2, 0) is 0 Å². The zero-order chi connectivity index (χ0) is 9.10. The molecule has 1 saturated heterocycles. The molecule has 2 N–H and O–H groups in total. The molecule has 2 unspecified atom stereocenters. The van der Waals surface area contributed by atoms with E-state index in [2.05, 4.69) is 17.6 Å². The number of rotatable bonds is 4. The smallest absolute Gasteiger partial charge is 0.00991 e. The molecular formula is C11H22N2. The van der Waals surface area contributed by atoms with E-state index in [1.807, 2.05) is 0 Å². The number of nitrogens with one attached hydrogen (secondary N) is 2. The minimum atomic E-state index is 0.875. The summed E-state index contributed by atoms with van der Waals surface area (Å²) in [6, 6.07) is 0.875. The highest BCUT2D eigenvalue weighted by molar-refractivity contribution is 4.92. The monoisotopic (exact) mass is 182 g/mol. The summed E-state index contributed by atoms with van der Waals surface area (Å²) in [7, 11) is 0. The highest BCUT2D eigenvalue weighted by atomic mass is 15.0. The third-order valence-electron chi connectivity index (χ3n) is 3.57. The Hall–Kier alpha value is -0.0800. The van der Waals surface area contributed by atoms with E-state index in [9.17, 15) is 0 Å². The maximum atomic E-state index is 3.70. The second-order valence-corrected chi connectivity index (χ2v) is 4.61. The first-order valence-corrected chi connectivity index (χ1v) is 5.84. The van der Waals surface area contributed by atoms with Gasteiger partial charge in [0.1, 0.15) is 0 Å². The van der Waals surface area contributed by atoms with Crippen molar-refractivity contribution < 1.29 is 0 Å². The van der Waals surface area contributed by atoms with Crippen LogP contribution in [0.1, 0.15) is 32.6 Å². The summed E-state index contributed by atoms with van der Waals surface area (Å²) in [4.78, 5) is 0. The Morgan fingerprint density at radius 2 is 2.08 bits per heavy atom. The molecule has 0 aromatic carbocycles. The molecule has 1 heterocycles. The van der Waals surface area contributed by atoms with Gasteiger partial charge in [0.2, 0.25) is 0 Å². The predicted molar refractivity (Wildman–Crippen MR) is 55.8 cm³/mol. The van der Waals surface area contributed by atoms with Crippen molar-refractivity contribution in [1.82, 2.24) is 10.6 Å². The van der Waals surface area contributed by atoms with E-state index in [0.717, 1.165) is 17.9 Å². The largest absolute Gasteiger partial charge is 0.317 e. The summed E-state index contributed by atoms with van der Waals surface area (Å²) in [5.41, 5.74) is 0. The van der Waals surface area contributed by atoms with Crippen LogP contribution in [0.5, 0.6) is 0 Å². The second kappa shape index (κ2) is 4.43. The molecule has 2 rings (SSSR count). The normalized spacial score (nSPS) is 34.8. The molecule has 0 bridgehead atoms. The van der Waals surface area contributed by atoms with Crippen LogP contribution < -0.4 is 10.6 Å². The highest BCUT2D eigenvalue weighted by Gasteiger charge is 2.34. The zero-order valence-corrected chi connectivity index (χ0v) is 8.68. The predicted octanol–water partition coefficient (Wildman–Crippen LogP) is 1.37. The minimum Gasteiger partial charge on any atom is -0.317 e. The van der Waals surface area contributed by atoms with Crippen LogP contribution in [-0.4, -0.2) is 25.7 Å². The standard InChI is InChI=1S/C11H22N2/c1-2-10-7-11(10)13-8-9-3-5-12-6-4-9/h9-13H,2-8H2,1H3. The summed E-state index contributed by atoms with van der Waals surface area (Å²) in [5.74, 6) is 1.95. The van der Waals surface area contributed by atoms with Crippen molar-refractivity contribution in [2.24, 2.45) is 11.8 Å². The van der Waals surface area contributed by atoms with Crippen LogP contribution in [0, 0.1) is 11.8 Å². The van der Waals surface area contributed by atoms with E-state index >= 15 is 0 Å². The van der Waals surface area contributed by atoms with Crippen LogP contribution >= 0.6 is 0 Å². The van der Waals surface area contributed by atoms with Crippen LogP contribution in [0.25, 0.3) is 0 Å². The third-order valence-corrected chi connectivity index (χ3v) is 3.57. The molecule has 1 saturated carbocycles. The van der Waals surface area contributed by atoms with Gasteiger partial charge in [0.15, 0.2) is 0 Å². The van der Waals surface area contributed by atoms with Gasteiger partial charge in [-0.2, -0.15) is 0 Å². The van der Waals surface area contributed by atoms with Gasteiger partial charge in [-0.05, 0) is 50.7 Å². The SMILES string of the molecule is CCC1CC1NCC1CCNCC1. The van der Waals surface area contributed by atoms with Crippen molar-refractivity contribution in [1.29, 1.82) is 0 Å². The Balaban J connectivity index is 1.57. The quantitative estimate of drug-likeness (QED) is 0.686. The average Bonchev–Trinajstić information content (AvgIpc) is 2.95. The van der Waals surface area contributed by atoms with Gasteiger partial charge in [-0.1, -0.05) is 13.3 Å². The molecular weight excluding hydrogens is 160 g/mol. The molecule has 2 aliphatic rings. The van der Waals surface area contributed by atoms with Crippen molar-refractivity contribution in [3.8, 4) is 0 Å². The van der Waals surface area contributed by atoms with E-state index in [-0.39, 0.29) is 0 Å². The van der Waals surface area contributed by atoms with Crippen molar-refractivity contribution in [2.75, 3.05) is 19.6 Å². The molecule has 0 aromatic heterocycles. The molecule has 2 atom stereocenters. The number of piperidine rings is 1. The summed E-state index contributed by atoms with van der Waals surface area (Å²) < 4.78 is 0. The Bertz CT molecular complexity index is 152. The summed E-state index contributed by atoms with van der Waals surface area (Å²) in [6.07, 6.45) is 5.54. The molecule has 0 radical (unpaired) electrons. The van der Waals surface area contributed by atoms with Gasteiger partial charge >= 0.3 is 0 Å². The minimum absolute atomic E-state index is 0.875. The first kappa shape index (κ1) is 9.47. The Labute approximate surface area is 81.5 Å². The van der Waals surface area contributed by atoms with Gasteiger partial charge in [0, 0.05) is 6.04 Å². The topological polar surface area (TPSA) is 24.1 Å². The Morgan fingerprint density at radius 1 is 1.31 bits per heavy atom. The number of hydrogen-bond donors (Lipinski definition) is 2.